The first kappa shape index (κ1) is 20.0. The zero-order chi connectivity index (χ0) is 21.4. The molecule has 2 aliphatic carbocycles. The van der Waals surface area contributed by atoms with Crippen molar-refractivity contribution in [2.75, 3.05) is 5.32 Å². The van der Waals surface area contributed by atoms with E-state index in [0.29, 0.717) is 6.04 Å². The molecule has 31 heavy (non-hydrogen) atoms. The second kappa shape index (κ2) is 8.29. The number of anilines is 1. The van der Waals surface area contributed by atoms with Crippen LogP contribution in [0, 0.1) is 0 Å². The van der Waals surface area contributed by atoms with E-state index in [9.17, 15) is 9.90 Å². The van der Waals surface area contributed by atoms with Crippen LogP contribution in [-0.2, 0) is 17.8 Å². The van der Waals surface area contributed by atoms with Crippen LogP contribution in [0.4, 0.5) is 5.69 Å². The zero-order valence-corrected chi connectivity index (χ0v) is 17.7. The molecule has 5 rings (SSSR count). The van der Waals surface area contributed by atoms with Crippen molar-refractivity contribution in [1.82, 2.24) is 15.5 Å². The highest BCUT2D eigenvalue weighted by atomic mass is 16.3. The molecule has 3 aromatic rings. The SMILES string of the molecule is CC(=O)Nc1cccc(-c2n[nH]c3c2Cc2cc(CNC4CCC(O)CC4)ccc2-3)c1. The van der Waals surface area contributed by atoms with Gasteiger partial charge in [0.25, 0.3) is 0 Å². The first-order valence-corrected chi connectivity index (χ1v) is 11.1. The van der Waals surface area contributed by atoms with Gasteiger partial charge in [-0.2, -0.15) is 5.10 Å². The Kier molecular flexibility index (Phi) is 5.34. The lowest BCUT2D eigenvalue weighted by Crippen LogP contribution is -2.34. The van der Waals surface area contributed by atoms with Gasteiger partial charge in [0.1, 0.15) is 0 Å². The van der Waals surface area contributed by atoms with Crippen LogP contribution in [-0.4, -0.2) is 33.4 Å². The lowest BCUT2D eigenvalue weighted by Gasteiger charge is -2.26. The second-order valence-electron chi connectivity index (χ2n) is 8.74. The minimum atomic E-state index is -0.117. The van der Waals surface area contributed by atoms with Crippen LogP contribution in [0.25, 0.3) is 22.5 Å². The van der Waals surface area contributed by atoms with Crippen LogP contribution in [0.5, 0.6) is 0 Å². The summed E-state index contributed by atoms with van der Waals surface area (Å²) in [4.78, 5) is 11.4. The number of aliphatic hydroxyl groups is 1. The Bertz CT molecular complexity index is 1110. The highest BCUT2D eigenvalue weighted by Crippen LogP contribution is 2.40. The van der Waals surface area contributed by atoms with Crippen LogP contribution in [0.15, 0.2) is 42.5 Å². The highest BCUT2D eigenvalue weighted by molar-refractivity contribution is 5.90. The Morgan fingerprint density at radius 2 is 2.00 bits per heavy atom. The molecule has 0 atom stereocenters. The molecule has 2 aromatic carbocycles. The van der Waals surface area contributed by atoms with Gasteiger partial charge in [-0.15, -0.1) is 0 Å². The number of H-pyrrole nitrogens is 1. The maximum absolute atomic E-state index is 11.4. The number of rotatable bonds is 5. The number of hydrogen-bond acceptors (Lipinski definition) is 4. The number of amides is 1. The fourth-order valence-corrected chi connectivity index (χ4v) is 4.83. The Morgan fingerprint density at radius 1 is 1.16 bits per heavy atom. The summed E-state index contributed by atoms with van der Waals surface area (Å²) in [6.45, 7) is 2.37. The van der Waals surface area contributed by atoms with E-state index in [4.69, 9.17) is 0 Å². The van der Waals surface area contributed by atoms with Crippen molar-refractivity contribution in [3.8, 4) is 22.5 Å². The molecule has 2 aliphatic rings. The molecular weight excluding hydrogens is 388 g/mol. The summed E-state index contributed by atoms with van der Waals surface area (Å²) in [6.07, 6.45) is 4.62. The van der Waals surface area contributed by atoms with Gasteiger partial charge in [0, 0.05) is 48.3 Å². The molecule has 1 amide bonds. The van der Waals surface area contributed by atoms with E-state index in [1.165, 1.54) is 29.2 Å². The fourth-order valence-electron chi connectivity index (χ4n) is 4.83. The summed E-state index contributed by atoms with van der Waals surface area (Å²) in [6, 6.07) is 15.0. The topological polar surface area (TPSA) is 90.0 Å². The van der Waals surface area contributed by atoms with Gasteiger partial charge in [-0.1, -0.05) is 30.3 Å². The number of nitrogens with zero attached hydrogens (tertiary/aromatic N) is 1. The lowest BCUT2D eigenvalue weighted by molar-refractivity contribution is -0.114. The molecule has 1 aromatic heterocycles. The largest absolute Gasteiger partial charge is 0.393 e. The number of carbonyl (C=O) groups is 1. The molecule has 0 bridgehead atoms. The van der Waals surface area contributed by atoms with Crippen LogP contribution in [0.1, 0.15) is 49.3 Å². The third-order valence-electron chi connectivity index (χ3n) is 6.42. The van der Waals surface area contributed by atoms with E-state index in [1.54, 1.807) is 0 Å². The van der Waals surface area contributed by atoms with Gasteiger partial charge in [-0.25, -0.2) is 0 Å². The maximum Gasteiger partial charge on any atom is 0.221 e. The summed E-state index contributed by atoms with van der Waals surface area (Å²) in [5, 5.41) is 24.0. The monoisotopic (exact) mass is 416 g/mol. The summed E-state index contributed by atoms with van der Waals surface area (Å²) in [7, 11) is 0. The van der Waals surface area contributed by atoms with Gasteiger partial charge in [0.15, 0.2) is 0 Å². The molecule has 0 unspecified atom stereocenters. The van der Waals surface area contributed by atoms with Gasteiger partial charge in [-0.3, -0.25) is 9.89 Å². The third-order valence-corrected chi connectivity index (χ3v) is 6.42. The Morgan fingerprint density at radius 3 is 2.81 bits per heavy atom. The van der Waals surface area contributed by atoms with E-state index >= 15 is 0 Å². The molecule has 1 saturated carbocycles. The van der Waals surface area contributed by atoms with E-state index < -0.39 is 0 Å². The highest BCUT2D eigenvalue weighted by Gasteiger charge is 2.25. The van der Waals surface area contributed by atoms with Crippen molar-refractivity contribution in [2.24, 2.45) is 0 Å². The summed E-state index contributed by atoms with van der Waals surface area (Å²) < 4.78 is 0. The minimum absolute atomic E-state index is 0.0812. The standard InChI is InChI=1S/C25H28N4O2/c1-15(30)27-20-4-2-3-17(12-20)24-23-13-18-11-16(5-10-22(18)25(23)29-28-24)14-26-19-6-8-21(31)9-7-19/h2-5,10-12,19,21,26,31H,6-9,13-14H2,1H3,(H,27,30)(H,28,29). The molecular formula is C25H28N4O2. The van der Waals surface area contributed by atoms with Crippen molar-refractivity contribution in [3.05, 3.63) is 59.2 Å². The molecule has 6 heteroatoms. The molecule has 0 radical (unpaired) electrons. The zero-order valence-electron chi connectivity index (χ0n) is 17.7. The Hall–Kier alpha value is -2.96. The second-order valence-corrected chi connectivity index (χ2v) is 8.74. The molecule has 1 heterocycles. The maximum atomic E-state index is 11.4. The summed E-state index contributed by atoms with van der Waals surface area (Å²) in [5.74, 6) is -0.0812. The Balaban J connectivity index is 1.32. The fraction of sp³-hybridized carbons (Fsp3) is 0.360. The van der Waals surface area contributed by atoms with E-state index in [0.717, 1.165) is 61.3 Å². The first-order chi connectivity index (χ1) is 15.1. The van der Waals surface area contributed by atoms with E-state index in [-0.39, 0.29) is 12.0 Å². The van der Waals surface area contributed by atoms with Crippen LogP contribution < -0.4 is 10.6 Å². The average molecular weight is 417 g/mol. The molecule has 0 spiro atoms. The molecule has 4 N–H and O–H groups in total. The lowest BCUT2D eigenvalue weighted by atomic mass is 9.93. The van der Waals surface area contributed by atoms with Gasteiger partial charge in [0.05, 0.1) is 17.5 Å². The molecule has 0 saturated heterocycles. The Labute approximate surface area is 182 Å². The number of aromatic nitrogens is 2. The number of benzene rings is 2. The van der Waals surface area contributed by atoms with Crippen molar-refractivity contribution in [1.29, 1.82) is 0 Å². The van der Waals surface area contributed by atoms with Crippen LogP contribution in [0.2, 0.25) is 0 Å². The predicted molar refractivity (Wildman–Crippen MR) is 122 cm³/mol. The van der Waals surface area contributed by atoms with Crippen molar-refractivity contribution >= 4 is 11.6 Å². The van der Waals surface area contributed by atoms with Gasteiger partial charge in [-0.05, 0) is 48.9 Å². The smallest absolute Gasteiger partial charge is 0.221 e. The van der Waals surface area contributed by atoms with Gasteiger partial charge in [0.2, 0.25) is 5.91 Å². The number of aromatic amines is 1. The minimum Gasteiger partial charge on any atom is -0.393 e. The molecule has 160 valence electrons. The number of carbonyl (C=O) groups excluding carboxylic acids is 1. The molecule has 6 nitrogen and oxygen atoms in total. The quantitative estimate of drug-likeness (QED) is 0.396. The van der Waals surface area contributed by atoms with Crippen molar-refractivity contribution in [2.45, 2.75) is 57.7 Å². The third kappa shape index (κ3) is 4.13. The first-order valence-electron chi connectivity index (χ1n) is 11.1. The van der Waals surface area contributed by atoms with E-state index in [2.05, 4.69) is 39.0 Å². The van der Waals surface area contributed by atoms with Crippen LogP contribution in [0.3, 0.4) is 0 Å². The number of hydrogen-bond donors (Lipinski definition) is 4. The van der Waals surface area contributed by atoms with Crippen molar-refractivity contribution in [3.63, 3.8) is 0 Å². The normalized spacial score (nSPS) is 19.7. The average Bonchev–Trinajstić information content (AvgIpc) is 3.32. The number of nitrogens with one attached hydrogen (secondary N) is 3. The molecule has 1 fully saturated rings. The van der Waals surface area contributed by atoms with E-state index in [1.807, 2.05) is 24.3 Å². The summed E-state index contributed by atoms with van der Waals surface area (Å²) >= 11 is 0. The van der Waals surface area contributed by atoms with Crippen LogP contribution >= 0.6 is 0 Å². The van der Waals surface area contributed by atoms with Gasteiger partial charge < -0.3 is 15.7 Å². The number of aliphatic hydroxyl groups excluding tert-OH is 1. The summed E-state index contributed by atoms with van der Waals surface area (Å²) in [5.41, 5.74) is 8.85. The van der Waals surface area contributed by atoms with Crippen molar-refractivity contribution < 1.29 is 9.90 Å². The predicted octanol–water partition coefficient (Wildman–Crippen LogP) is 4.00. The van der Waals surface area contributed by atoms with Gasteiger partial charge >= 0.3 is 0 Å². The molecule has 0 aliphatic heterocycles. The number of fused-ring (bicyclic) bond motifs is 3.